The van der Waals surface area contributed by atoms with Crippen molar-refractivity contribution in [3.8, 4) is 11.5 Å². The summed E-state index contributed by atoms with van der Waals surface area (Å²) in [5.41, 5.74) is 4.65. The molecule has 4 aromatic heterocycles. The van der Waals surface area contributed by atoms with E-state index in [-0.39, 0.29) is 12.6 Å². The maximum Gasteiger partial charge on any atom is 0.197 e. The molecule has 1 N–H and O–H groups in total. The summed E-state index contributed by atoms with van der Waals surface area (Å²) in [6, 6.07) is 12.0. The third-order valence-corrected chi connectivity index (χ3v) is 4.90. The fourth-order valence-electron chi connectivity index (χ4n) is 3.32. The molecule has 1 aromatic carbocycles. The smallest absolute Gasteiger partial charge is 0.197 e. The lowest BCUT2D eigenvalue weighted by atomic mass is 10.1. The van der Waals surface area contributed by atoms with Crippen molar-refractivity contribution in [3.63, 3.8) is 0 Å². The molecule has 7 heteroatoms. The van der Waals surface area contributed by atoms with Crippen LogP contribution in [-0.2, 0) is 6.61 Å². The van der Waals surface area contributed by atoms with E-state index in [2.05, 4.69) is 40.1 Å². The molecule has 0 saturated heterocycles. The van der Waals surface area contributed by atoms with Crippen LogP contribution in [0.25, 0.3) is 33.7 Å². The topological polar surface area (TPSA) is 89.9 Å². The first-order chi connectivity index (χ1) is 13.7. The molecule has 0 amide bonds. The van der Waals surface area contributed by atoms with Crippen molar-refractivity contribution >= 4 is 22.2 Å². The predicted molar refractivity (Wildman–Crippen MR) is 105 cm³/mol. The maximum absolute atomic E-state index is 9.24. The quantitative estimate of drug-likeness (QED) is 0.518. The van der Waals surface area contributed by atoms with Gasteiger partial charge in [0.05, 0.1) is 37.0 Å². The molecule has 0 fully saturated rings. The third kappa shape index (κ3) is 2.73. The summed E-state index contributed by atoms with van der Waals surface area (Å²) in [5, 5.41) is 10.3. The van der Waals surface area contributed by atoms with Crippen molar-refractivity contribution in [2.45, 2.75) is 19.6 Å². The zero-order chi connectivity index (χ0) is 19.1. The first-order valence-electron chi connectivity index (χ1n) is 8.96. The van der Waals surface area contributed by atoms with Crippen molar-refractivity contribution in [3.05, 3.63) is 72.5 Å². The number of imidazole rings is 1. The van der Waals surface area contributed by atoms with Gasteiger partial charge in [-0.25, -0.2) is 15.0 Å². The number of aromatic nitrogens is 5. The number of nitrogens with zero attached hydrogens (tertiary/aromatic N) is 5. The second kappa shape index (κ2) is 6.54. The van der Waals surface area contributed by atoms with E-state index < -0.39 is 0 Å². The van der Waals surface area contributed by atoms with Gasteiger partial charge in [-0.2, -0.15) is 0 Å². The molecule has 28 heavy (non-hydrogen) atoms. The van der Waals surface area contributed by atoms with Gasteiger partial charge in [0.25, 0.3) is 0 Å². The molecule has 5 aromatic rings. The molecule has 1 atom stereocenters. The van der Waals surface area contributed by atoms with Gasteiger partial charge >= 0.3 is 0 Å². The minimum Gasteiger partial charge on any atom is -0.462 e. The summed E-state index contributed by atoms with van der Waals surface area (Å²) < 4.78 is 7.50. The fourth-order valence-corrected chi connectivity index (χ4v) is 3.32. The molecule has 0 aliphatic rings. The van der Waals surface area contributed by atoms with E-state index in [1.807, 2.05) is 16.7 Å². The summed E-state index contributed by atoms with van der Waals surface area (Å²) in [5.74, 6) is 0.565. The number of fused-ring (bicyclic) bond motifs is 2. The van der Waals surface area contributed by atoms with Crippen molar-refractivity contribution in [1.82, 2.24) is 24.5 Å². The van der Waals surface area contributed by atoms with Crippen LogP contribution < -0.4 is 0 Å². The summed E-state index contributed by atoms with van der Waals surface area (Å²) in [6.45, 7) is 2.02. The lowest BCUT2D eigenvalue weighted by Gasteiger charge is -2.15. The summed E-state index contributed by atoms with van der Waals surface area (Å²) in [4.78, 5) is 17.9. The highest BCUT2D eigenvalue weighted by Crippen LogP contribution is 2.26. The molecule has 4 heterocycles. The largest absolute Gasteiger partial charge is 0.462 e. The third-order valence-electron chi connectivity index (χ3n) is 4.90. The molecule has 5 rings (SSSR count). The Labute approximate surface area is 160 Å². The maximum atomic E-state index is 9.24. The van der Waals surface area contributed by atoms with E-state index in [4.69, 9.17) is 9.40 Å². The Morgan fingerprint density at radius 2 is 2.07 bits per heavy atom. The Morgan fingerprint density at radius 1 is 1.14 bits per heavy atom. The molecule has 0 saturated carbocycles. The zero-order valence-electron chi connectivity index (χ0n) is 15.1. The van der Waals surface area contributed by atoms with Gasteiger partial charge in [-0.05, 0) is 36.8 Å². The highest BCUT2D eigenvalue weighted by atomic mass is 16.3. The number of pyridine rings is 1. The molecular weight excluding hydrogens is 354 g/mol. The molecule has 0 bridgehead atoms. The Hall–Kier alpha value is -3.58. The van der Waals surface area contributed by atoms with Crippen LogP contribution in [0.2, 0.25) is 0 Å². The van der Waals surface area contributed by atoms with Crippen molar-refractivity contribution in [2.75, 3.05) is 0 Å². The molecular formula is C21H17N5O2. The number of furan rings is 1. The molecule has 0 spiro atoms. The first kappa shape index (κ1) is 16.6. The lowest BCUT2D eigenvalue weighted by Crippen LogP contribution is -2.06. The predicted octanol–water partition coefficient (Wildman–Crippen LogP) is 3.74. The van der Waals surface area contributed by atoms with Gasteiger partial charge in [0, 0.05) is 17.1 Å². The molecule has 1 unspecified atom stereocenters. The van der Waals surface area contributed by atoms with Crippen LogP contribution >= 0.6 is 0 Å². The lowest BCUT2D eigenvalue weighted by molar-refractivity contribution is 0.280. The molecule has 7 nitrogen and oxygen atoms in total. The van der Waals surface area contributed by atoms with E-state index in [0.717, 1.165) is 16.5 Å². The van der Waals surface area contributed by atoms with Crippen LogP contribution in [0.15, 0.2) is 65.8 Å². The molecule has 0 aliphatic carbocycles. The fraction of sp³-hybridized carbons (Fsp3) is 0.143. The van der Waals surface area contributed by atoms with Gasteiger partial charge in [-0.1, -0.05) is 12.1 Å². The van der Waals surface area contributed by atoms with Crippen LogP contribution in [0.5, 0.6) is 0 Å². The molecule has 0 radical (unpaired) electrons. The van der Waals surface area contributed by atoms with E-state index >= 15 is 0 Å². The number of hydrogen-bond donors (Lipinski definition) is 1. The molecule has 0 aliphatic heterocycles. The van der Waals surface area contributed by atoms with Gasteiger partial charge in [0.15, 0.2) is 17.1 Å². The van der Waals surface area contributed by atoms with Gasteiger partial charge in [0.1, 0.15) is 5.69 Å². The monoisotopic (exact) mass is 371 g/mol. The summed E-state index contributed by atoms with van der Waals surface area (Å²) in [6.07, 6.45) is 6.70. The van der Waals surface area contributed by atoms with E-state index in [0.29, 0.717) is 28.3 Å². The first-order valence-corrected chi connectivity index (χ1v) is 8.96. The van der Waals surface area contributed by atoms with Crippen molar-refractivity contribution in [2.24, 2.45) is 0 Å². The standard InChI is InChI=1S/C21H17N5O2/c1-13(15-4-5-17-16(8-15)3-2-6-22-17)26-12-24-20-21(26)25-18(9-23-20)19-7-14(10-27)11-28-19/h2-9,11-13,27H,10H2,1H3. The van der Waals surface area contributed by atoms with Crippen LogP contribution in [0.1, 0.15) is 24.1 Å². The number of aliphatic hydroxyl groups excluding tert-OH is 1. The Bertz CT molecular complexity index is 1290. The minimum atomic E-state index is -0.0784. The SMILES string of the molecule is CC(c1ccc2ncccc2c1)n1cnc2ncc(-c3cc(CO)co3)nc21. The van der Waals surface area contributed by atoms with Crippen LogP contribution in [0, 0.1) is 0 Å². The van der Waals surface area contributed by atoms with E-state index in [1.54, 1.807) is 24.8 Å². The van der Waals surface area contributed by atoms with Crippen molar-refractivity contribution < 1.29 is 9.52 Å². The highest BCUT2D eigenvalue weighted by Gasteiger charge is 2.16. The van der Waals surface area contributed by atoms with Crippen LogP contribution in [-0.4, -0.2) is 29.6 Å². The van der Waals surface area contributed by atoms with Gasteiger partial charge < -0.3 is 14.1 Å². The van der Waals surface area contributed by atoms with E-state index in [9.17, 15) is 5.11 Å². The second-order valence-electron chi connectivity index (χ2n) is 6.66. The zero-order valence-corrected chi connectivity index (χ0v) is 15.1. The Morgan fingerprint density at radius 3 is 2.93 bits per heavy atom. The van der Waals surface area contributed by atoms with E-state index in [1.165, 1.54) is 6.26 Å². The van der Waals surface area contributed by atoms with Gasteiger partial charge in [0.2, 0.25) is 0 Å². The average molecular weight is 371 g/mol. The van der Waals surface area contributed by atoms with Crippen molar-refractivity contribution in [1.29, 1.82) is 0 Å². The minimum absolute atomic E-state index is 0.0174. The number of benzene rings is 1. The average Bonchev–Trinajstić information content (AvgIpc) is 3.39. The molecule has 138 valence electrons. The Kier molecular flexibility index (Phi) is 3.87. The number of rotatable bonds is 4. The van der Waals surface area contributed by atoms with Gasteiger partial charge in [-0.15, -0.1) is 0 Å². The van der Waals surface area contributed by atoms with Crippen LogP contribution in [0.3, 0.4) is 0 Å². The summed E-state index contributed by atoms with van der Waals surface area (Å²) in [7, 11) is 0. The van der Waals surface area contributed by atoms with Gasteiger partial charge in [-0.3, -0.25) is 4.98 Å². The number of aliphatic hydroxyl groups is 1. The highest BCUT2D eigenvalue weighted by molar-refractivity contribution is 5.79. The normalized spacial score (nSPS) is 12.6. The summed E-state index contributed by atoms with van der Waals surface area (Å²) >= 11 is 0. The second-order valence-corrected chi connectivity index (χ2v) is 6.66. The Balaban J connectivity index is 1.58. The number of hydrogen-bond acceptors (Lipinski definition) is 6. The van der Waals surface area contributed by atoms with Crippen LogP contribution in [0.4, 0.5) is 0 Å².